The summed E-state index contributed by atoms with van der Waals surface area (Å²) in [6, 6.07) is 48.2. The molecule has 1 N–H and O–H groups in total. The zero-order valence-electron chi connectivity index (χ0n) is 32.3. The van der Waals surface area contributed by atoms with Gasteiger partial charge in [0.25, 0.3) is 0 Å². The molecule has 0 unspecified atom stereocenters. The minimum absolute atomic E-state index is 0.943. The van der Waals surface area contributed by atoms with E-state index in [0.29, 0.717) is 0 Å². The average Bonchev–Trinajstić information content (AvgIpc) is 3.77. The van der Waals surface area contributed by atoms with E-state index in [0.717, 1.165) is 68.6 Å². The van der Waals surface area contributed by atoms with Gasteiger partial charge in [-0.1, -0.05) is 149 Å². The largest absolute Gasteiger partial charge is 0.385 e. The first kappa shape index (κ1) is 35.9. The van der Waals surface area contributed by atoms with Crippen LogP contribution >= 0.6 is 0 Å². The number of allylic oxidation sites excluding steroid dienone is 6. The molecule has 55 heavy (non-hydrogen) atoms. The van der Waals surface area contributed by atoms with Crippen molar-refractivity contribution in [1.82, 2.24) is 4.57 Å². The van der Waals surface area contributed by atoms with Gasteiger partial charge in [-0.2, -0.15) is 0 Å². The predicted octanol–water partition coefficient (Wildman–Crippen LogP) is 13.5. The van der Waals surface area contributed by atoms with Gasteiger partial charge in [0.2, 0.25) is 0 Å². The zero-order valence-corrected chi connectivity index (χ0v) is 32.3. The molecule has 0 spiro atoms. The summed E-state index contributed by atoms with van der Waals surface area (Å²) in [6.45, 7) is 11.1. The highest BCUT2D eigenvalue weighted by Crippen LogP contribution is 2.42. The molecular formula is C52H51N3. The van der Waals surface area contributed by atoms with Crippen molar-refractivity contribution in [3.8, 4) is 0 Å². The summed E-state index contributed by atoms with van der Waals surface area (Å²) in [5, 5.41) is 11.4. The Morgan fingerprint density at radius 1 is 0.691 bits per heavy atom. The maximum Gasteiger partial charge on any atom is 0.0525 e. The number of nitrogens with one attached hydrogen (secondary N) is 1. The lowest BCUT2D eigenvalue weighted by Gasteiger charge is -2.28. The molecule has 0 bridgehead atoms. The summed E-state index contributed by atoms with van der Waals surface area (Å²) in [6.07, 6.45) is 15.9. The van der Waals surface area contributed by atoms with Crippen LogP contribution in [0.5, 0.6) is 0 Å². The molecule has 0 radical (unpaired) electrons. The number of anilines is 3. The number of aromatic nitrogens is 1. The smallest absolute Gasteiger partial charge is 0.0525 e. The van der Waals surface area contributed by atoms with Crippen molar-refractivity contribution in [2.24, 2.45) is 0 Å². The van der Waals surface area contributed by atoms with Gasteiger partial charge in [-0.3, -0.25) is 0 Å². The van der Waals surface area contributed by atoms with Crippen LogP contribution in [0.3, 0.4) is 0 Å². The number of unbranched alkanes of at least 4 members (excludes halogenated alkanes) is 2. The molecule has 0 amide bonds. The molecule has 7 aromatic rings. The Labute approximate surface area is 326 Å². The molecule has 1 aliphatic rings. The first-order valence-corrected chi connectivity index (χ1v) is 20.1. The minimum atomic E-state index is 0.943. The van der Waals surface area contributed by atoms with Gasteiger partial charge in [-0.25, -0.2) is 0 Å². The van der Waals surface area contributed by atoms with Crippen molar-refractivity contribution in [2.45, 2.75) is 58.9 Å². The van der Waals surface area contributed by atoms with E-state index in [4.69, 9.17) is 0 Å². The topological polar surface area (TPSA) is 20.2 Å². The van der Waals surface area contributed by atoms with Crippen molar-refractivity contribution in [3.05, 3.63) is 186 Å². The summed E-state index contributed by atoms with van der Waals surface area (Å²) in [7, 11) is 0. The van der Waals surface area contributed by atoms with E-state index in [1.54, 1.807) is 0 Å². The average molecular weight is 718 g/mol. The molecule has 1 heterocycles. The Bertz CT molecular complexity index is 2550. The number of aryl methyl sites for hydroxylation is 1. The first-order chi connectivity index (χ1) is 27.2. The maximum absolute atomic E-state index is 4.66. The van der Waals surface area contributed by atoms with Gasteiger partial charge in [-0.05, 0) is 101 Å². The number of benzene rings is 6. The van der Waals surface area contributed by atoms with Gasteiger partial charge in [0.05, 0.1) is 5.70 Å². The summed E-state index contributed by atoms with van der Waals surface area (Å²) in [4.78, 5) is 2.45. The summed E-state index contributed by atoms with van der Waals surface area (Å²) < 4.78 is 2.54. The third kappa shape index (κ3) is 7.27. The van der Waals surface area contributed by atoms with Crippen molar-refractivity contribution in [2.75, 3.05) is 16.8 Å². The van der Waals surface area contributed by atoms with Crippen molar-refractivity contribution in [3.63, 3.8) is 0 Å². The standard InChI is InChI=1S/C52H51N3/c1-4-6-36-53-47-28-16-20-39-18-14-26-45(50(39)47)38(3)30-31-41-32-33-42(52(41)55(43-22-10-8-11-23-43)44-24-12-9-13-25-44)34-35-48-46-27-15-19-40-21-17-29-49(51(40)46)54(48)37-7-5-2/h8-31,34-35,53H,3-7,32-33,36-37H2,1-2H3/b31-30+,42-34+,48-35+. The molecule has 3 nitrogen and oxygen atoms in total. The van der Waals surface area contributed by atoms with Crippen LogP contribution in [-0.4, -0.2) is 11.1 Å². The van der Waals surface area contributed by atoms with Crippen LogP contribution in [0.4, 0.5) is 17.1 Å². The number of fused-ring (bicyclic) bond motifs is 1. The highest BCUT2D eigenvalue weighted by Gasteiger charge is 2.26. The third-order valence-electron chi connectivity index (χ3n) is 11.0. The Hall–Kier alpha value is -6.06. The van der Waals surface area contributed by atoms with E-state index in [2.05, 4.69) is 193 Å². The predicted molar refractivity (Wildman–Crippen MR) is 239 cm³/mol. The molecule has 274 valence electrons. The number of nitrogens with zero attached hydrogens (tertiary/aromatic N) is 2. The third-order valence-corrected chi connectivity index (χ3v) is 11.0. The van der Waals surface area contributed by atoms with Gasteiger partial charge in [-0.15, -0.1) is 0 Å². The quantitative estimate of drug-likeness (QED) is 0.0893. The monoisotopic (exact) mass is 717 g/mol. The van der Waals surface area contributed by atoms with Crippen LogP contribution < -0.4 is 15.6 Å². The Morgan fingerprint density at radius 2 is 1.35 bits per heavy atom. The number of para-hydroxylation sites is 2. The maximum atomic E-state index is 4.66. The summed E-state index contributed by atoms with van der Waals surface area (Å²) in [5.41, 5.74) is 10.8. The SMILES string of the molecule is C=C(/C=C/C1=C(N(c2ccccc2)c2ccccc2)C(=C/C=c2\c3cccc4cccc(c43)n2CCCC)/CC1)c1cccc2cccc(NCCCC)c12. The van der Waals surface area contributed by atoms with Crippen LogP contribution in [-0.2, 0) is 6.54 Å². The molecule has 0 saturated heterocycles. The molecule has 8 rings (SSSR count). The van der Waals surface area contributed by atoms with Crippen LogP contribution in [0, 0.1) is 0 Å². The molecule has 0 atom stereocenters. The molecule has 0 fully saturated rings. The Morgan fingerprint density at radius 3 is 2.05 bits per heavy atom. The fraction of sp³-hybridized carbons (Fsp3) is 0.192. The van der Waals surface area contributed by atoms with Gasteiger partial charge in [0.15, 0.2) is 0 Å². The summed E-state index contributed by atoms with van der Waals surface area (Å²) in [5.74, 6) is 0. The first-order valence-electron chi connectivity index (χ1n) is 20.1. The normalized spacial score (nSPS) is 14.4. The molecule has 0 saturated carbocycles. The van der Waals surface area contributed by atoms with Crippen molar-refractivity contribution in [1.29, 1.82) is 0 Å². The van der Waals surface area contributed by atoms with Gasteiger partial charge in [0.1, 0.15) is 0 Å². The van der Waals surface area contributed by atoms with Crippen LogP contribution in [0.15, 0.2) is 175 Å². The van der Waals surface area contributed by atoms with E-state index in [1.807, 2.05) is 0 Å². The van der Waals surface area contributed by atoms with Crippen LogP contribution in [0.2, 0.25) is 0 Å². The molecule has 1 aromatic heterocycles. The van der Waals surface area contributed by atoms with E-state index >= 15 is 0 Å². The fourth-order valence-corrected chi connectivity index (χ4v) is 8.28. The lowest BCUT2D eigenvalue weighted by Crippen LogP contribution is -2.18. The fourth-order valence-electron chi connectivity index (χ4n) is 8.28. The van der Waals surface area contributed by atoms with E-state index in [-0.39, 0.29) is 0 Å². The summed E-state index contributed by atoms with van der Waals surface area (Å²) >= 11 is 0. The molecular weight excluding hydrogens is 667 g/mol. The number of hydrogen-bond donors (Lipinski definition) is 1. The Balaban J connectivity index is 1.28. The second-order valence-corrected chi connectivity index (χ2v) is 14.7. The molecule has 3 heteroatoms. The molecule has 0 aliphatic heterocycles. The van der Waals surface area contributed by atoms with E-state index < -0.39 is 0 Å². The highest BCUT2D eigenvalue weighted by atomic mass is 15.2. The van der Waals surface area contributed by atoms with Crippen molar-refractivity contribution < 1.29 is 0 Å². The van der Waals surface area contributed by atoms with Crippen LogP contribution in [0.1, 0.15) is 57.9 Å². The zero-order chi connectivity index (χ0) is 37.6. The Kier molecular flexibility index (Phi) is 10.8. The minimum Gasteiger partial charge on any atom is -0.385 e. The lowest BCUT2D eigenvalue weighted by atomic mass is 9.96. The van der Waals surface area contributed by atoms with Gasteiger partial charge < -0.3 is 14.8 Å². The van der Waals surface area contributed by atoms with Crippen molar-refractivity contribution >= 4 is 61.2 Å². The second-order valence-electron chi connectivity index (χ2n) is 14.7. The van der Waals surface area contributed by atoms with Gasteiger partial charge >= 0.3 is 0 Å². The van der Waals surface area contributed by atoms with E-state index in [1.165, 1.54) is 65.9 Å². The second kappa shape index (κ2) is 16.5. The van der Waals surface area contributed by atoms with Crippen LogP contribution in [0.25, 0.3) is 44.1 Å². The van der Waals surface area contributed by atoms with E-state index in [9.17, 15) is 0 Å². The molecule has 6 aromatic carbocycles. The number of hydrogen-bond acceptors (Lipinski definition) is 2. The van der Waals surface area contributed by atoms with Gasteiger partial charge in [0, 0.05) is 57.2 Å². The number of rotatable bonds is 14. The lowest BCUT2D eigenvalue weighted by molar-refractivity contribution is 0.640. The highest BCUT2D eigenvalue weighted by molar-refractivity contribution is 6.10. The molecule has 1 aliphatic carbocycles.